The topological polar surface area (TPSA) is 101 Å². The van der Waals surface area contributed by atoms with E-state index in [1.54, 1.807) is 0 Å². The fraction of sp³-hybridized carbons (Fsp3) is 0.167. The maximum absolute atomic E-state index is 11.7. The number of aromatic nitrogens is 2. The number of benzene rings is 1. The highest BCUT2D eigenvalue weighted by atomic mass is 16.6. The number of amides is 1. The van der Waals surface area contributed by atoms with Crippen LogP contribution >= 0.6 is 0 Å². The van der Waals surface area contributed by atoms with Gasteiger partial charge in [0, 0.05) is 6.54 Å². The first-order valence-corrected chi connectivity index (χ1v) is 5.69. The maximum atomic E-state index is 11.7. The summed E-state index contributed by atoms with van der Waals surface area (Å²) in [7, 11) is 0. The molecule has 19 heavy (non-hydrogen) atoms. The highest BCUT2D eigenvalue weighted by Gasteiger charge is 2.22. The van der Waals surface area contributed by atoms with Crippen LogP contribution in [0.4, 0.5) is 5.69 Å². The van der Waals surface area contributed by atoms with E-state index >= 15 is 0 Å². The number of nitro groups is 1. The van der Waals surface area contributed by atoms with Crippen molar-refractivity contribution in [3.05, 3.63) is 57.9 Å². The lowest BCUT2D eigenvalue weighted by Gasteiger charge is -2.03. The van der Waals surface area contributed by atoms with Gasteiger partial charge in [-0.05, 0) is 12.0 Å². The number of carbonyl (C=O) groups is 1. The summed E-state index contributed by atoms with van der Waals surface area (Å²) in [6, 6.07) is 9.63. The highest BCUT2D eigenvalue weighted by molar-refractivity contribution is 5.95. The van der Waals surface area contributed by atoms with Crippen molar-refractivity contribution in [3.8, 4) is 0 Å². The number of rotatable bonds is 5. The van der Waals surface area contributed by atoms with E-state index in [-0.39, 0.29) is 11.4 Å². The summed E-state index contributed by atoms with van der Waals surface area (Å²) in [4.78, 5) is 21.7. The van der Waals surface area contributed by atoms with Gasteiger partial charge in [0.2, 0.25) is 5.69 Å². The third-order valence-electron chi connectivity index (χ3n) is 2.57. The number of hydrogen-bond acceptors (Lipinski definition) is 4. The minimum atomic E-state index is -0.643. The van der Waals surface area contributed by atoms with Gasteiger partial charge in [0.05, 0.1) is 4.92 Å². The van der Waals surface area contributed by atoms with Crippen molar-refractivity contribution in [2.45, 2.75) is 6.42 Å². The zero-order valence-electron chi connectivity index (χ0n) is 10.00. The van der Waals surface area contributed by atoms with Crippen molar-refractivity contribution in [1.29, 1.82) is 0 Å². The quantitative estimate of drug-likeness (QED) is 0.624. The van der Waals surface area contributed by atoms with Gasteiger partial charge < -0.3 is 5.32 Å². The van der Waals surface area contributed by atoms with E-state index in [1.807, 2.05) is 30.3 Å². The zero-order chi connectivity index (χ0) is 13.7. The molecule has 0 bridgehead atoms. The minimum Gasteiger partial charge on any atom is -0.350 e. The van der Waals surface area contributed by atoms with E-state index in [9.17, 15) is 14.9 Å². The molecule has 1 aromatic carbocycles. The second kappa shape index (κ2) is 5.76. The molecule has 0 aliphatic carbocycles. The average Bonchev–Trinajstić information content (AvgIpc) is 2.89. The molecule has 2 rings (SSSR count). The van der Waals surface area contributed by atoms with E-state index < -0.39 is 10.8 Å². The third kappa shape index (κ3) is 3.15. The second-order valence-electron chi connectivity index (χ2n) is 3.87. The predicted octanol–water partition coefficient (Wildman–Crippen LogP) is 1.29. The number of H-pyrrole nitrogens is 1. The Hall–Kier alpha value is -2.70. The third-order valence-corrected chi connectivity index (χ3v) is 2.57. The molecule has 0 aliphatic rings. The molecule has 1 aromatic heterocycles. The molecule has 0 aliphatic heterocycles. The fourth-order valence-corrected chi connectivity index (χ4v) is 1.64. The van der Waals surface area contributed by atoms with Crippen LogP contribution in [0.2, 0.25) is 0 Å². The Balaban J connectivity index is 1.91. The van der Waals surface area contributed by atoms with E-state index in [0.29, 0.717) is 13.0 Å². The monoisotopic (exact) mass is 260 g/mol. The lowest BCUT2D eigenvalue weighted by atomic mass is 10.1. The van der Waals surface area contributed by atoms with Crippen LogP contribution in [0.15, 0.2) is 36.5 Å². The molecule has 1 amide bonds. The second-order valence-corrected chi connectivity index (χ2v) is 3.87. The Kier molecular flexibility index (Phi) is 3.87. The molecule has 7 nitrogen and oxygen atoms in total. The number of nitrogens with one attached hydrogen (secondary N) is 2. The first kappa shape index (κ1) is 12.7. The summed E-state index contributed by atoms with van der Waals surface area (Å²) in [6.07, 6.45) is 1.75. The van der Waals surface area contributed by atoms with Gasteiger partial charge in [-0.1, -0.05) is 30.3 Å². The number of nitrogens with zero attached hydrogens (tertiary/aromatic N) is 2. The lowest BCUT2D eigenvalue weighted by molar-refractivity contribution is -0.385. The lowest BCUT2D eigenvalue weighted by Crippen LogP contribution is -2.26. The van der Waals surface area contributed by atoms with Crippen molar-refractivity contribution in [1.82, 2.24) is 15.5 Å². The van der Waals surface area contributed by atoms with Crippen LogP contribution < -0.4 is 5.32 Å². The molecular formula is C12H12N4O3. The molecule has 1 heterocycles. The van der Waals surface area contributed by atoms with Crippen LogP contribution in [0.1, 0.15) is 16.1 Å². The molecule has 98 valence electrons. The molecular weight excluding hydrogens is 248 g/mol. The largest absolute Gasteiger partial charge is 0.350 e. The molecule has 0 spiro atoms. The number of carbonyl (C=O) groups excluding carboxylic acids is 1. The van der Waals surface area contributed by atoms with Crippen LogP contribution in [0.5, 0.6) is 0 Å². The van der Waals surface area contributed by atoms with Crippen LogP contribution in [-0.2, 0) is 6.42 Å². The molecule has 0 saturated heterocycles. The Morgan fingerprint density at radius 3 is 2.79 bits per heavy atom. The fourth-order valence-electron chi connectivity index (χ4n) is 1.64. The van der Waals surface area contributed by atoms with Crippen LogP contribution in [0.25, 0.3) is 0 Å². The molecule has 2 N–H and O–H groups in total. The van der Waals surface area contributed by atoms with Crippen molar-refractivity contribution < 1.29 is 9.72 Å². The average molecular weight is 260 g/mol. The van der Waals surface area contributed by atoms with Crippen molar-refractivity contribution in [2.24, 2.45) is 0 Å². The van der Waals surface area contributed by atoms with Crippen molar-refractivity contribution >= 4 is 11.6 Å². The van der Waals surface area contributed by atoms with E-state index in [0.717, 1.165) is 11.8 Å². The number of hydrogen-bond donors (Lipinski definition) is 2. The van der Waals surface area contributed by atoms with E-state index in [2.05, 4.69) is 15.5 Å². The van der Waals surface area contributed by atoms with Crippen molar-refractivity contribution in [3.63, 3.8) is 0 Å². The first-order valence-electron chi connectivity index (χ1n) is 5.69. The Bertz CT molecular complexity index is 580. The van der Waals surface area contributed by atoms with E-state index in [1.165, 1.54) is 0 Å². The maximum Gasteiger partial charge on any atom is 0.319 e. The molecule has 0 unspecified atom stereocenters. The number of aromatic amines is 1. The Morgan fingerprint density at radius 1 is 1.37 bits per heavy atom. The molecule has 0 atom stereocenters. The zero-order valence-corrected chi connectivity index (χ0v) is 10.00. The highest BCUT2D eigenvalue weighted by Crippen LogP contribution is 2.13. The van der Waals surface area contributed by atoms with Crippen LogP contribution in [0.3, 0.4) is 0 Å². The summed E-state index contributed by atoms with van der Waals surface area (Å²) >= 11 is 0. The summed E-state index contributed by atoms with van der Waals surface area (Å²) in [6.45, 7) is 0.396. The van der Waals surface area contributed by atoms with Gasteiger partial charge in [0.25, 0.3) is 5.91 Å². The standard InChI is InChI=1S/C12H12N4O3/c17-12(11-10(16(18)19)8-14-15-11)13-7-6-9-4-2-1-3-5-9/h1-5,8H,6-7H2,(H,13,17)(H,14,15). The Morgan fingerprint density at radius 2 is 2.11 bits per heavy atom. The van der Waals surface area contributed by atoms with Gasteiger partial charge in [0.15, 0.2) is 0 Å². The SMILES string of the molecule is O=C(NCCc1ccccc1)c1n[nH]cc1[N+](=O)[O-]. The van der Waals surface area contributed by atoms with Crippen LogP contribution in [-0.4, -0.2) is 27.6 Å². The molecule has 7 heteroatoms. The normalized spacial score (nSPS) is 10.1. The predicted molar refractivity (Wildman–Crippen MR) is 67.7 cm³/mol. The summed E-state index contributed by atoms with van der Waals surface area (Å²) in [5, 5.41) is 19.2. The van der Waals surface area contributed by atoms with E-state index in [4.69, 9.17) is 0 Å². The van der Waals surface area contributed by atoms with Gasteiger partial charge in [-0.15, -0.1) is 0 Å². The van der Waals surface area contributed by atoms with Crippen LogP contribution in [0, 0.1) is 10.1 Å². The Labute approximate surface area is 108 Å². The summed E-state index contributed by atoms with van der Waals surface area (Å²) in [5.41, 5.74) is 0.564. The van der Waals surface area contributed by atoms with Gasteiger partial charge in [-0.2, -0.15) is 5.10 Å². The minimum absolute atomic E-state index is 0.196. The molecule has 2 aromatic rings. The van der Waals surface area contributed by atoms with Crippen molar-refractivity contribution in [2.75, 3.05) is 6.54 Å². The van der Waals surface area contributed by atoms with Gasteiger partial charge >= 0.3 is 5.69 Å². The molecule has 0 saturated carbocycles. The summed E-state index contributed by atoms with van der Waals surface area (Å²) < 4.78 is 0. The first-order chi connectivity index (χ1) is 9.18. The molecule has 0 radical (unpaired) electrons. The summed E-state index contributed by atoms with van der Waals surface area (Å²) in [5.74, 6) is -0.552. The van der Waals surface area contributed by atoms with Gasteiger partial charge in [-0.25, -0.2) is 0 Å². The molecule has 0 fully saturated rings. The van der Waals surface area contributed by atoms with Gasteiger partial charge in [-0.3, -0.25) is 20.0 Å². The van der Waals surface area contributed by atoms with Gasteiger partial charge in [0.1, 0.15) is 6.20 Å². The smallest absolute Gasteiger partial charge is 0.319 e.